The van der Waals surface area contributed by atoms with Gasteiger partial charge in [0.15, 0.2) is 0 Å². The zero-order valence-corrected chi connectivity index (χ0v) is 20.6. The second-order valence-electron chi connectivity index (χ2n) is 9.42. The lowest BCUT2D eigenvalue weighted by Crippen LogP contribution is -2.67. The summed E-state index contributed by atoms with van der Waals surface area (Å²) in [5.74, 6) is 0.0263. The van der Waals surface area contributed by atoms with Gasteiger partial charge in [-0.15, -0.1) is 6.58 Å². The minimum absolute atomic E-state index is 0.114. The van der Waals surface area contributed by atoms with Crippen molar-refractivity contribution in [2.45, 2.75) is 45.3 Å². The van der Waals surface area contributed by atoms with Gasteiger partial charge < -0.3 is 9.22 Å². The smallest absolute Gasteiger partial charge is 0.261 e. The summed E-state index contributed by atoms with van der Waals surface area (Å²) in [4.78, 5) is 12.2. The first-order valence-corrected chi connectivity index (χ1v) is 13.2. The van der Waals surface area contributed by atoms with E-state index in [4.69, 9.17) is 4.43 Å². The van der Waals surface area contributed by atoms with E-state index in [1.54, 1.807) is 6.92 Å². The molecule has 0 amide bonds. The number of Topliss-reactive ketones (excluding diaryl/α,β-unsaturated/α-hetero) is 1. The monoisotopic (exact) mass is 442 g/mol. The molecule has 0 aliphatic rings. The van der Waals surface area contributed by atoms with Crippen LogP contribution in [0.3, 0.4) is 0 Å². The Morgan fingerprint density at radius 3 is 1.69 bits per heavy atom. The molecule has 0 fully saturated rings. The van der Waals surface area contributed by atoms with Crippen molar-refractivity contribution in [3.63, 3.8) is 0 Å². The Hall–Kier alpha value is -2.75. The van der Waals surface area contributed by atoms with Gasteiger partial charge in [0.1, 0.15) is 5.78 Å². The highest BCUT2D eigenvalue weighted by Gasteiger charge is 2.52. The number of benzene rings is 3. The first-order chi connectivity index (χ1) is 15.3. The van der Waals surface area contributed by atoms with E-state index in [0.717, 1.165) is 5.56 Å². The molecule has 0 aromatic heterocycles. The number of carbonyl (C=O) groups is 1. The van der Waals surface area contributed by atoms with Crippen molar-refractivity contribution < 1.29 is 9.22 Å². The molecule has 2 atom stereocenters. The third-order valence-electron chi connectivity index (χ3n) is 6.06. The van der Waals surface area contributed by atoms with E-state index in [0.29, 0.717) is 6.42 Å². The average molecular weight is 443 g/mol. The number of hydrogen-bond acceptors (Lipinski definition) is 2. The van der Waals surface area contributed by atoms with Crippen molar-refractivity contribution in [1.29, 1.82) is 0 Å². The van der Waals surface area contributed by atoms with Crippen LogP contribution >= 0.6 is 0 Å². The molecule has 0 aliphatic heterocycles. The molecule has 0 spiro atoms. The normalized spacial score (nSPS) is 13.9. The number of carbonyl (C=O) groups excluding carboxylic acids is 1. The van der Waals surface area contributed by atoms with Gasteiger partial charge in [0, 0.05) is 12.3 Å². The minimum atomic E-state index is -2.78. The summed E-state index contributed by atoms with van der Waals surface area (Å²) in [5, 5.41) is 2.31. The van der Waals surface area contributed by atoms with Gasteiger partial charge in [-0.3, -0.25) is 0 Å². The largest absolute Gasteiger partial charge is 0.400 e. The maximum atomic E-state index is 12.2. The van der Waals surface area contributed by atoms with E-state index in [9.17, 15) is 4.79 Å². The maximum Gasteiger partial charge on any atom is 0.261 e. The minimum Gasteiger partial charge on any atom is -0.400 e. The van der Waals surface area contributed by atoms with E-state index in [1.807, 2.05) is 36.4 Å². The standard InChI is InChI=1S/C29H34O2Si/c1-6-24(22-23(2)30)28(25-16-10-7-11-17-25)31-32(29(3,4)5,26-18-12-8-13-19-26)27-20-14-9-15-21-27/h6-21,24,28H,1,22H2,2-5H3/t24-,28-/m1/s1. The highest BCUT2D eigenvalue weighted by Crippen LogP contribution is 2.42. The quantitative estimate of drug-likeness (QED) is 0.296. The zero-order chi connectivity index (χ0) is 23.2. The first-order valence-electron chi connectivity index (χ1n) is 11.3. The first kappa shape index (κ1) is 23.9. The molecule has 0 N–H and O–H groups in total. The zero-order valence-electron chi connectivity index (χ0n) is 19.6. The summed E-state index contributed by atoms with van der Waals surface area (Å²) in [5.41, 5.74) is 1.08. The van der Waals surface area contributed by atoms with Crippen LogP contribution in [0.25, 0.3) is 0 Å². The van der Waals surface area contributed by atoms with Crippen molar-refractivity contribution in [2.75, 3.05) is 0 Å². The third-order valence-corrected chi connectivity index (χ3v) is 11.1. The molecular weight excluding hydrogens is 408 g/mol. The highest BCUT2D eigenvalue weighted by molar-refractivity contribution is 6.99. The van der Waals surface area contributed by atoms with Gasteiger partial charge in [-0.1, -0.05) is 118 Å². The lowest BCUT2D eigenvalue weighted by atomic mass is 9.92. The average Bonchev–Trinajstić information content (AvgIpc) is 2.79. The molecule has 3 heteroatoms. The lowest BCUT2D eigenvalue weighted by Gasteiger charge is -2.46. The van der Waals surface area contributed by atoms with E-state index in [2.05, 4.69) is 88.0 Å². The fourth-order valence-electron chi connectivity index (χ4n) is 4.57. The fraction of sp³-hybridized carbons (Fsp3) is 0.276. The summed E-state index contributed by atoms with van der Waals surface area (Å²) in [6.07, 6.45) is 2.02. The van der Waals surface area contributed by atoms with Crippen molar-refractivity contribution in [2.24, 2.45) is 5.92 Å². The Balaban J connectivity index is 2.27. The van der Waals surface area contributed by atoms with Crippen molar-refractivity contribution in [3.05, 3.63) is 109 Å². The Morgan fingerprint density at radius 2 is 1.31 bits per heavy atom. The van der Waals surface area contributed by atoms with E-state index < -0.39 is 8.32 Å². The number of ketones is 1. The van der Waals surface area contributed by atoms with Crippen LogP contribution in [0.1, 0.15) is 45.8 Å². The molecule has 0 radical (unpaired) electrons. The predicted octanol–water partition coefficient (Wildman–Crippen LogP) is 6.09. The van der Waals surface area contributed by atoms with Crippen molar-refractivity contribution in [3.8, 4) is 0 Å². The molecule has 0 saturated heterocycles. The second-order valence-corrected chi connectivity index (χ2v) is 13.7. The Labute approximate surface area is 194 Å². The summed E-state index contributed by atoms with van der Waals surface area (Å²) in [6, 6.07) is 31.5. The molecule has 3 rings (SSSR count). The summed E-state index contributed by atoms with van der Waals surface area (Å²) >= 11 is 0. The van der Waals surface area contributed by atoms with Gasteiger partial charge in [0.2, 0.25) is 0 Å². The summed E-state index contributed by atoms with van der Waals surface area (Å²) in [6.45, 7) is 12.5. The highest BCUT2D eigenvalue weighted by atomic mass is 28.4. The summed E-state index contributed by atoms with van der Waals surface area (Å²) < 4.78 is 7.43. The van der Waals surface area contributed by atoms with Gasteiger partial charge in [0.05, 0.1) is 6.10 Å². The van der Waals surface area contributed by atoms with Crippen molar-refractivity contribution >= 4 is 24.5 Å². The van der Waals surface area contributed by atoms with Gasteiger partial charge in [0.25, 0.3) is 8.32 Å². The second kappa shape index (κ2) is 10.2. The predicted molar refractivity (Wildman–Crippen MR) is 137 cm³/mol. The summed E-state index contributed by atoms with van der Waals surface area (Å²) in [7, 11) is -2.78. The molecule has 166 valence electrons. The van der Waals surface area contributed by atoms with Crippen LogP contribution in [0.5, 0.6) is 0 Å². The number of rotatable bonds is 9. The third kappa shape index (κ3) is 5.00. The van der Waals surface area contributed by atoms with Crippen LogP contribution in [-0.2, 0) is 9.22 Å². The maximum absolute atomic E-state index is 12.2. The fourth-order valence-corrected chi connectivity index (χ4v) is 9.28. The Morgan fingerprint density at radius 1 is 0.875 bits per heavy atom. The Kier molecular flexibility index (Phi) is 7.65. The van der Waals surface area contributed by atoms with Gasteiger partial charge >= 0.3 is 0 Å². The lowest BCUT2D eigenvalue weighted by molar-refractivity contribution is -0.118. The van der Waals surface area contributed by atoms with E-state index in [1.165, 1.54) is 10.4 Å². The van der Waals surface area contributed by atoms with E-state index >= 15 is 0 Å². The molecule has 2 nitrogen and oxygen atoms in total. The molecule has 32 heavy (non-hydrogen) atoms. The van der Waals surface area contributed by atoms with Crippen LogP contribution in [0.15, 0.2) is 104 Å². The van der Waals surface area contributed by atoms with Crippen molar-refractivity contribution in [1.82, 2.24) is 0 Å². The van der Waals surface area contributed by atoms with Crippen LogP contribution in [0.4, 0.5) is 0 Å². The molecule has 0 saturated carbocycles. The molecule has 0 aliphatic carbocycles. The van der Waals surface area contributed by atoms with Gasteiger partial charge in [-0.05, 0) is 27.9 Å². The van der Waals surface area contributed by atoms with Crippen LogP contribution in [0, 0.1) is 5.92 Å². The van der Waals surface area contributed by atoms with Crippen LogP contribution in [0.2, 0.25) is 5.04 Å². The molecule has 0 heterocycles. The SMILES string of the molecule is C=C[C@H](CC(C)=O)[C@@H](O[Si](c1ccccc1)(c1ccccc1)C(C)(C)C)c1ccccc1. The molecule has 0 unspecified atom stereocenters. The molecule has 3 aromatic carbocycles. The Bertz CT molecular complexity index is 968. The van der Waals surface area contributed by atoms with Gasteiger partial charge in [-0.2, -0.15) is 0 Å². The number of hydrogen-bond donors (Lipinski definition) is 0. The molecule has 3 aromatic rings. The topological polar surface area (TPSA) is 26.3 Å². The molecule has 0 bridgehead atoms. The van der Waals surface area contributed by atoms with Crippen LogP contribution in [-0.4, -0.2) is 14.1 Å². The van der Waals surface area contributed by atoms with E-state index in [-0.39, 0.29) is 22.8 Å². The van der Waals surface area contributed by atoms with Gasteiger partial charge in [-0.25, -0.2) is 0 Å². The van der Waals surface area contributed by atoms with Crippen LogP contribution < -0.4 is 10.4 Å². The molecular formula is C29H34O2Si.